The number of imidazole rings is 1. The Balaban J connectivity index is 2.10. The molecular weight excluding hydrogens is 400 g/mol. The van der Waals surface area contributed by atoms with E-state index in [0.29, 0.717) is 6.41 Å². The number of anilines is 1. The van der Waals surface area contributed by atoms with Gasteiger partial charge in [-0.1, -0.05) is 32.4 Å². The molecule has 2 heterocycles. The summed E-state index contributed by atoms with van der Waals surface area (Å²) in [6, 6.07) is 0. The zero-order chi connectivity index (χ0) is 20.5. The van der Waals surface area contributed by atoms with Crippen LogP contribution in [-0.4, -0.2) is 53.5 Å². The number of carbonyl (C=O) groups excluding carboxylic acids is 1. The van der Waals surface area contributed by atoms with Crippen molar-refractivity contribution in [1.29, 1.82) is 0 Å². The van der Waals surface area contributed by atoms with Crippen molar-refractivity contribution in [2.75, 3.05) is 18.5 Å². The first-order valence-corrected chi connectivity index (χ1v) is 11.4. The van der Waals surface area contributed by atoms with Crippen molar-refractivity contribution in [3.05, 3.63) is 11.5 Å². The maximum absolute atomic E-state index is 14.2. The molecule has 0 atom stereocenters. The van der Waals surface area contributed by atoms with Crippen LogP contribution < -0.4 is 10.2 Å². The fourth-order valence-corrected chi connectivity index (χ4v) is 2.98. The third kappa shape index (κ3) is 5.11. The Bertz CT molecular complexity index is 826. The third-order valence-corrected chi connectivity index (χ3v) is 9.12. The van der Waals surface area contributed by atoms with Crippen molar-refractivity contribution in [3.63, 3.8) is 0 Å². The zero-order valence-corrected chi connectivity index (χ0v) is 17.5. The summed E-state index contributed by atoms with van der Waals surface area (Å²) in [5.41, 5.74) is 0.217. The number of hydrogen-bond donors (Lipinski definition) is 1. The van der Waals surface area contributed by atoms with E-state index in [1.165, 1.54) is 0 Å². The molecule has 2 aromatic rings. The van der Waals surface area contributed by atoms with Crippen LogP contribution in [0.1, 0.15) is 20.8 Å². The number of amides is 1. The van der Waals surface area contributed by atoms with Crippen LogP contribution >= 0.6 is 11.6 Å². The van der Waals surface area contributed by atoms with Crippen LogP contribution in [0, 0.1) is 0 Å². The molecule has 0 radical (unpaired) electrons. The highest BCUT2D eigenvalue weighted by atomic mass is 35.5. The van der Waals surface area contributed by atoms with Crippen LogP contribution in [0.2, 0.25) is 23.3 Å². The number of nitrogens with one attached hydrogen (secondary N) is 1. The standard InChI is InChI=1S/C15H22ClF2N5O3Si/c1-14(2,3)27(4,5)26-7-15(17,18)6-25-23-8-19-10-11(16)21-13(20-9-24)22-12(10)23/h8-9H,6-7H2,1-5H3,(H,20,21,22,24). The summed E-state index contributed by atoms with van der Waals surface area (Å²) in [4.78, 5) is 27.4. The molecular formula is C15H22ClF2N5O3Si. The fourth-order valence-electron chi connectivity index (χ4n) is 1.77. The molecule has 0 aromatic carbocycles. The first kappa shape index (κ1) is 21.4. The van der Waals surface area contributed by atoms with Crippen molar-refractivity contribution in [3.8, 4) is 0 Å². The summed E-state index contributed by atoms with van der Waals surface area (Å²) in [7, 11) is -2.31. The van der Waals surface area contributed by atoms with Gasteiger partial charge in [-0.2, -0.15) is 14.7 Å². The van der Waals surface area contributed by atoms with Gasteiger partial charge in [0.1, 0.15) is 18.5 Å². The second-order valence-electron chi connectivity index (χ2n) is 7.52. The molecule has 2 aromatic heterocycles. The molecule has 0 saturated carbocycles. The second kappa shape index (κ2) is 7.64. The Morgan fingerprint density at radius 3 is 2.56 bits per heavy atom. The Morgan fingerprint density at radius 1 is 1.30 bits per heavy atom. The van der Waals surface area contributed by atoms with E-state index in [0.717, 1.165) is 11.1 Å². The molecule has 0 aliphatic rings. The van der Waals surface area contributed by atoms with Gasteiger partial charge in [0.05, 0.1) is 0 Å². The number of halogens is 3. The maximum atomic E-state index is 14.2. The Hall–Kier alpha value is -1.85. The van der Waals surface area contributed by atoms with Crippen LogP contribution in [0.5, 0.6) is 0 Å². The van der Waals surface area contributed by atoms with Gasteiger partial charge in [0, 0.05) is 0 Å². The maximum Gasteiger partial charge on any atom is 0.305 e. The van der Waals surface area contributed by atoms with E-state index in [-0.39, 0.29) is 27.3 Å². The van der Waals surface area contributed by atoms with Gasteiger partial charge in [-0.3, -0.25) is 10.1 Å². The number of nitrogens with zero attached hydrogens (tertiary/aromatic N) is 4. The fraction of sp³-hybridized carbons (Fsp3) is 0.600. The average Bonchev–Trinajstić information content (AvgIpc) is 2.94. The van der Waals surface area contributed by atoms with E-state index < -0.39 is 27.5 Å². The number of fused-ring (bicyclic) bond motifs is 1. The minimum absolute atomic E-state index is 0.0419. The van der Waals surface area contributed by atoms with Crippen LogP contribution in [0.15, 0.2) is 6.33 Å². The SMILES string of the molecule is CC(C)(C)[Si](C)(C)OCC(F)(F)COn1cnc2c(Cl)nc(NC=O)nc21. The minimum Gasteiger partial charge on any atom is -0.411 e. The van der Waals surface area contributed by atoms with Crippen molar-refractivity contribution in [1.82, 2.24) is 19.7 Å². The summed E-state index contributed by atoms with van der Waals surface area (Å²) in [6.07, 6.45) is 1.52. The van der Waals surface area contributed by atoms with E-state index in [4.69, 9.17) is 20.9 Å². The molecule has 150 valence electrons. The highest BCUT2D eigenvalue weighted by Gasteiger charge is 2.41. The molecule has 0 aliphatic heterocycles. The predicted molar refractivity (Wildman–Crippen MR) is 99.6 cm³/mol. The Kier molecular flexibility index (Phi) is 6.07. The molecule has 0 fully saturated rings. The smallest absolute Gasteiger partial charge is 0.305 e. The number of carbonyl (C=O) groups is 1. The first-order chi connectivity index (χ1) is 12.4. The normalized spacial score (nSPS) is 13.0. The lowest BCUT2D eigenvalue weighted by Crippen LogP contribution is -2.45. The third-order valence-electron chi connectivity index (χ3n) is 4.38. The van der Waals surface area contributed by atoms with Gasteiger partial charge < -0.3 is 9.26 Å². The van der Waals surface area contributed by atoms with Gasteiger partial charge in [-0.15, -0.1) is 0 Å². The highest BCUT2D eigenvalue weighted by molar-refractivity contribution is 6.74. The van der Waals surface area contributed by atoms with Crippen LogP contribution in [0.25, 0.3) is 11.2 Å². The monoisotopic (exact) mass is 421 g/mol. The van der Waals surface area contributed by atoms with E-state index in [1.807, 2.05) is 33.9 Å². The van der Waals surface area contributed by atoms with E-state index >= 15 is 0 Å². The predicted octanol–water partition coefficient (Wildman–Crippen LogP) is 3.13. The molecule has 0 unspecified atom stereocenters. The second-order valence-corrected chi connectivity index (χ2v) is 12.7. The molecule has 0 aliphatic carbocycles. The molecule has 27 heavy (non-hydrogen) atoms. The van der Waals surface area contributed by atoms with Gasteiger partial charge in [0.2, 0.25) is 18.0 Å². The lowest BCUT2D eigenvalue weighted by molar-refractivity contribution is -0.105. The summed E-state index contributed by atoms with van der Waals surface area (Å²) < 4.78 is 35.0. The van der Waals surface area contributed by atoms with Crippen LogP contribution in [0.3, 0.4) is 0 Å². The molecule has 12 heteroatoms. The molecule has 1 amide bonds. The minimum atomic E-state index is -3.22. The lowest BCUT2D eigenvalue weighted by Gasteiger charge is -2.37. The Labute approximate surface area is 161 Å². The van der Waals surface area contributed by atoms with Gasteiger partial charge in [-0.05, 0) is 18.1 Å². The van der Waals surface area contributed by atoms with Crippen molar-refractivity contribution < 1.29 is 22.8 Å². The molecule has 0 saturated heterocycles. The lowest BCUT2D eigenvalue weighted by atomic mass is 10.2. The van der Waals surface area contributed by atoms with E-state index in [9.17, 15) is 13.6 Å². The molecule has 2 rings (SSSR count). The number of rotatable bonds is 8. The number of hydrogen-bond acceptors (Lipinski definition) is 6. The van der Waals surface area contributed by atoms with Crippen molar-refractivity contribution >= 4 is 43.4 Å². The quantitative estimate of drug-likeness (QED) is 0.400. The first-order valence-electron chi connectivity index (χ1n) is 8.12. The van der Waals surface area contributed by atoms with Gasteiger partial charge in [0.15, 0.2) is 20.1 Å². The summed E-state index contributed by atoms with van der Waals surface area (Å²) in [5, 5.41) is 2.01. The van der Waals surface area contributed by atoms with E-state index in [2.05, 4.69) is 20.3 Å². The van der Waals surface area contributed by atoms with Gasteiger partial charge in [-0.25, -0.2) is 13.8 Å². The summed E-state index contributed by atoms with van der Waals surface area (Å²) in [6.45, 7) is 8.02. The number of aromatic nitrogens is 4. The summed E-state index contributed by atoms with van der Waals surface area (Å²) >= 11 is 5.94. The highest BCUT2D eigenvalue weighted by Crippen LogP contribution is 2.37. The average molecular weight is 422 g/mol. The molecule has 0 bridgehead atoms. The molecule has 1 N–H and O–H groups in total. The summed E-state index contributed by atoms with van der Waals surface area (Å²) in [5.74, 6) is -3.31. The molecule has 0 spiro atoms. The topological polar surface area (TPSA) is 91.2 Å². The van der Waals surface area contributed by atoms with Crippen LogP contribution in [0.4, 0.5) is 14.7 Å². The molecule has 8 nitrogen and oxygen atoms in total. The van der Waals surface area contributed by atoms with Gasteiger partial charge in [0.25, 0.3) is 0 Å². The largest absolute Gasteiger partial charge is 0.411 e. The van der Waals surface area contributed by atoms with Crippen molar-refractivity contribution in [2.45, 2.75) is 44.8 Å². The Morgan fingerprint density at radius 2 is 1.96 bits per heavy atom. The van der Waals surface area contributed by atoms with Crippen molar-refractivity contribution in [2.24, 2.45) is 0 Å². The van der Waals surface area contributed by atoms with Crippen LogP contribution in [-0.2, 0) is 9.22 Å². The van der Waals surface area contributed by atoms with E-state index in [1.54, 1.807) is 0 Å². The zero-order valence-electron chi connectivity index (χ0n) is 15.7. The van der Waals surface area contributed by atoms with Gasteiger partial charge >= 0.3 is 5.92 Å². The number of alkyl halides is 2.